The number of carbonyl (C=O) groups is 1. The van der Waals surface area contributed by atoms with Crippen LogP contribution in [0, 0.1) is 23.7 Å². The minimum atomic E-state index is -1.82. The number of hydrogen-bond donors (Lipinski definition) is 3. The number of hydrogen-bond acceptors (Lipinski definition) is 14. The Hall–Kier alpha value is -2.05. The highest BCUT2D eigenvalue weighted by Crippen LogP contribution is 2.48. The number of carbonyl (C=O) groups excluding carboxylic acids is 1. The van der Waals surface area contributed by atoms with E-state index in [0.717, 1.165) is 24.8 Å². The topological polar surface area (TPSA) is 170 Å². The average molecular weight is 889 g/mol. The Kier molecular flexibility index (Phi) is 15.9. The molecule has 1 aliphatic carbocycles. The molecule has 20 atom stereocenters. The van der Waals surface area contributed by atoms with Crippen molar-refractivity contribution in [2.24, 2.45) is 23.7 Å². The van der Waals surface area contributed by atoms with Crippen LogP contribution in [0.2, 0.25) is 0 Å². The number of fused-ring (bicyclic) bond motifs is 2. The molecular formula is C49H76O14. The first-order valence-corrected chi connectivity index (χ1v) is 23.7. The van der Waals surface area contributed by atoms with Gasteiger partial charge in [0.25, 0.3) is 0 Å². The molecule has 5 fully saturated rings. The quantitative estimate of drug-likeness (QED) is 0.182. The predicted molar refractivity (Wildman–Crippen MR) is 232 cm³/mol. The molecule has 63 heavy (non-hydrogen) atoms. The van der Waals surface area contributed by atoms with Gasteiger partial charge < -0.3 is 62.7 Å². The summed E-state index contributed by atoms with van der Waals surface area (Å²) in [7, 11) is 3.23. The molecule has 7 rings (SSSR count). The van der Waals surface area contributed by atoms with Gasteiger partial charge in [-0.2, -0.15) is 0 Å². The van der Waals surface area contributed by atoms with Gasteiger partial charge in [0.15, 0.2) is 18.4 Å². The summed E-state index contributed by atoms with van der Waals surface area (Å²) in [5.41, 5.74) is 0.192. The lowest BCUT2D eigenvalue weighted by Crippen LogP contribution is -2.58. The molecule has 5 saturated heterocycles. The molecule has 14 heteroatoms. The molecule has 6 heterocycles. The van der Waals surface area contributed by atoms with Crippen molar-refractivity contribution in [3.8, 4) is 0 Å². The zero-order chi connectivity index (χ0) is 45.4. The molecule has 14 nitrogen and oxygen atoms in total. The van der Waals surface area contributed by atoms with E-state index in [2.05, 4.69) is 40.7 Å². The van der Waals surface area contributed by atoms with E-state index >= 15 is 0 Å². The summed E-state index contributed by atoms with van der Waals surface area (Å²) in [6.07, 6.45) is 7.62. The monoisotopic (exact) mass is 889 g/mol. The van der Waals surface area contributed by atoms with Crippen molar-refractivity contribution in [3.63, 3.8) is 0 Å². The van der Waals surface area contributed by atoms with Crippen LogP contribution in [0.5, 0.6) is 0 Å². The largest absolute Gasteiger partial charge is 0.462 e. The van der Waals surface area contributed by atoms with Crippen LogP contribution in [0.1, 0.15) is 113 Å². The van der Waals surface area contributed by atoms with E-state index in [1.54, 1.807) is 40.2 Å². The van der Waals surface area contributed by atoms with Crippen LogP contribution in [0.4, 0.5) is 0 Å². The van der Waals surface area contributed by atoms with Crippen molar-refractivity contribution in [1.29, 1.82) is 0 Å². The van der Waals surface area contributed by atoms with Gasteiger partial charge in [-0.15, -0.1) is 0 Å². The van der Waals surface area contributed by atoms with Crippen LogP contribution < -0.4 is 0 Å². The molecule has 0 aromatic carbocycles. The van der Waals surface area contributed by atoms with Gasteiger partial charge in [-0.25, -0.2) is 0 Å². The number of aliphatic hydroxyl groups excluding tert-OH is 2. The lowest BCUT2D eigenvalue weighted by atomic mass is 9.71. The molecule has 0 aromatic heterocycles. The van der Waals surface area contributed by atoms with Crippen LogP contribution in [0.25, 0.3) is 0 Å². The molecular weight excluding hydrogens is 813 g/mol. The van der Waals surface area contributed by atoms with E-state index < -0.39 is 90.8 Å². The number of allylic oxidation sites excluding steroid dienone is 2. The number of rotatable bonds is 9. The molecule has 1 spiro atoms. The zero-order valence-corrected chi connectivity index (χ0v) is 39.2. The third kappa shape index (κ3) is 10.1. The highest BCUT2D eigenvalue weighted by atomic mass is 16.7. The van der Waals surface area contributed by atoms with E-state index in [9.17, 15) is 20.1 Å². The van der Waals surface area contributed by atoms with Gasteiger partial charge in [0.2, 0.25) is 0 Å². The van der Waals surface area contributed by atoms with Gasteiger partial charge in [-0.3, -0.25) is 4.79 Å². The number of aliphatic hydroxyl groups is 3. The van der Waals surface area contributed by atoms with Crippen LogP contribution in [0.3, 0.4) is 0 Å². The third-order valence-corrected chi connectivity index (χ3v) is 15.3. The van der Waals surface area contributed by atoms with E-state index in [1.807, 2.05) is 19.1 Å². The maximum absolute atomic E-state index is 14.4. The fourth-order valence-corrected chi connectivity index (χ4v) is 11.2. The summed E-state index contributed by atoms with van der Waals surface area (Å²) in [5.74, 6) is -2.04. The molecule has 0 aromatic rings. The summed E-state index contributed by atoms with van der Waals surface area (Å²) in [6, 6.07) is 0. The van der Waals surface area contributed by atoms with Gasteiger partial charge >= 0.3 is 5.97 Å². The van der Waals surface area contributed by atoms with Gasteiger partial charge in [0, 0.05) is 52.2 Å². The molecule has 3 N–H and O–H groups in total. The molecule has 6 aliphatic heterocycles. The zero-order valence-electron chi connectivity index (χ0n) is 39.2. The minimum Gasteiger partial charge on any atom is -0.462 e. The van der Waals surface area contributed by atoms with E-state index in [4.69, 9.17) is 47.4 Å². The molecule has 7 aliphatic rings. The second kappa shape index (κ2) is 20.4. The summed E-state index contributed by atoms with van der Waals surface area (Å²) in [6.45, 7) is 16.3. The van der Waals surface area contributed by atoms with Crippen molar-refractivity contribution < 1.29 is 67.5 Å². The average Bonchev–Trinajstić information content (AvgIpc) is 3.60. The SMILES string of the molecule is CC[C@H]1CC[C@]2(C[C@@H]3C[C@@H](C/C=C(\C)C(O[C@H]4C[C@H](OC)[C@@H](O[C@H]5C[C@H](OC)[C@@H](O)[C@H](C)O5)[C@H](C)O4)[C@@H](C)/C=C/C=C4\CO[C@@H]5[C@H](O)C(C)=CC(C(=O)O3)[C@]45O)O2)OC1[C@@H](C)CC. The Morgan fingerprint density at radius 3 is 2.35 bits per heavy atom. The highest BCUT2D eigenvalue weighted by Gasteiger charge is 2.60. The first kappa shape index (κ1) is 48.9. The Morgan fingerprint density at radius 2 is 1.63 bits per heavy atom. The van der Waals surface area contributed by atoms with Gasteiger partial charge in [0.1, 0.15) is 42.0 Å². The lowest BCUT2D eigenvalue weighted by Gasteiger charge is -2.51. The molecule has 356 valence electrons. The summed E-state index contributed by atoms with van der Waals surface area (Å²) < 4.78 is 64.1. The number of ether oxygens (including phenoxy) is 10. The third-order valence-electron chi connectivity index (χ3n) is 15.3. The molecule has 0 amide bonds. The maximum atomic E-state index is 14.4. The number of methoxy groups -OCH3 is 2. The maximum Gasteiger partial charge on any atom is 0.316 e. The standard InChI is InChI=1S/C49H76O14/c1-11-26(3)44-32(12-2)18-19-48(63-44)24-35-21-34(62-48)17-16-28(5)43(27(4)14-13-15-33-25-56-46-41(50)29(6)20-36(47(52)59-35)49(33,46)53)60-40-23-38(55-10)45(31(8)58-40)61-39-22-37(54-9)42(51)30(7)57-39/h13-16,20,26-27,30-32,34-46,50-51,53H,11-12,17-19,21-25H2,1-10H3/b14-13+,28-16+,33-15+/t26-,27-,30-,31-,32-,34+,35-,36?,37-,38-,39-,40-,41+,42-,43?,44?,45-,46+,48+,49+/m0/s1. The Labute approximate surface area is 374 Å². The Balaban J connectivity index is 1.18. The Bertz CT molecular complexity index is 1700. The van der Waals surface area contributed by atoms with Crippen molar-refractivity contribution in [2.45, 2.75) is 210 Å². The Morgan fingerprint density at radius 1 is 0.921 bits per heavy atom. The summed E-state index contributed by atoms with van der Waals surface area (Å²) in [5, 5.41) is 34.3. The van der Waals surface area contributed by atoms with Crippen LogP contribution in [0.15, 0.2) is 47.1 Å². The summed E-state index contributed by atoms with van der Waals surface area (Å²) in [4.78, 5) is 14.4. The molecule has 3 unspecified atom stereocenters. The van der Waals surface area contributed by atoms with E-state index in [1.165, 1.54) is 0 Å². The minimum absolute atomic E-state index is 0.00681. The molecule has 0 saturated carbocycles. The van der Waals surface area contributed by atoms with Crippen molar-refractivity contribution in [2.75, 3.05) is 20.8 Å². The van der Waals surface area contributed by atoms with Crippen molar-refractivity contribution >= 4 is 5.97 Å². The normalized spacial score (nSPS) is 48.8. The number of esters is 1. The smallest absolute Gasteiger partial charge is 0.316 e. The van der Waals surface area contributed by atoms with E-state index in [-0.39, 0.29) is 30.8 Å². The first-order chi connectivity index (χ1) is 30.0. The summed E-state index contributed by atoms with van der Waals surface area (Å²) >= 11 is 0. The van der Waals surface area contributed by atoms with E-state index in [0.29, 0.717) is 61.5 Å². The van der Waals surface area contributed by atoms with Gasteiger partial charge in [-0.1, -0.05) is 70.9 Å². The van der Waals surface area contributed by atoms with Crippen molar-refractivity contribution in [1.82, 2.24) is 0 Å². The van der Waals surface area contributed by atoms with Gasteiger partial charge in [0.05, 0.1) is 49.3 Å². The first-order valence-electron chi connectivity index (χ1n) is 23.7. The second-order valence-corrected chi connectivity index (χ2v) is 19.5. The fourth-order valence-electron chi connectivity index (χ4n) is 11.2. The molecule has 0 radical (unpaired) electrons. The van der Waals surface area contributed by atoms with Crippen LogP contribution in [-0.4, -0.2) is 139 Å². The predicted octanol–water partition coefficient (Wildman–Crippen LogP) is 5.99. The fraction of sp³-hybridized carbons (Fsp3) is 0.816. The second-order valence-electron chi connectivity index (χ2n) is 19.5. The van der Waals surface area contributed by atoms with Crippen molar-refractivity contribution in [3.05, 3.63) is 47.1 Å². The van der Waals surface area contributed by atoms with Crippen LogP contribution in [-0.2, 0) is 52.2 Å². The van der Waals surface area contributed by atoms with Gasteiger partial charge in [-0.05, 0) is 69.1 Å². The highest BCUT2D eigenvalue weighted by molar-refractivity contribution is 5.78. The molecule has 2 bridgehead atoms. The lowest BCUT2D eigenvalue weighted by molar-refractivity contribution is -0.342. The van der Waals surface area contributed by atoms with Crippen LogP contribution >= 0.6 is 0 Å².